The van der Waals surface area contributed by atoms with Crippen molar-refractivity contribution in [1.82, 2.24) is 9.97 Å². The van der Waals surface area contributed by atoms with Crippen molar-refractivity contribution in [3.63, 3.8) is 0 Å². The number of fused-ring (bicyclic) bond motifs is 1. The fraction of sp³-hybridized carbons (Fsp3) is 0.143. The van der Waals surface area contributed by atoms with Gasteiger partial charge in [0.15, 0.2) is 0 Å². The fourth-order valence-corrected chi connectivity index (χ4v) is 2.78. The highest BCUT2D eigenvalue weighted by molar-refractivity contribution is 7.18. The number of ether oxygens (including phenoxy) is 1. The molecule has 0 aliphatic heterocycles. The summed E-state index contributed by atoms with van der Waals surface area (Å²) in [6.07, 6.45) is 0. The standard InChI is InChI=1S/C14H11N3O3S/c1-9-6-7-11(14(15-9)17(18)19)20-8-13-16-10-4-2-3-5-12(10)21-13/h2-7H,8H2,1H3. The molecule has 0 spiro atoms. The minimum Gasteiger partial charge on any atom is -0.478 e. The topological polar surface area (TPSA) is 78.2 Å². The van der Waals surface area contributed by atoms with E-state index in [1.54, 1.807) is 19.1 Å². The molecule has 21 heavy (non-hydrogen) atoms. The Labute approximate surface area is 124 Å². The van der Waals surface area contributed by atoms with Gasteiger partial charge in [-0.15, -0.1) is 11.3 Å². The molecule has 6 nitrogen and oxygen atoms in total. The number of rotatable bonds is 4. The third-order valence-corrected chi connectivity index (χ3v) is 3.85. The zero-order valence-corrected chi connectivity index (χ0v) is 12.0. The van der Waals surface area contributed by atoms with Crippen molar-refractivity contribution in [2.24, 2.45) is 0 Å². The van der Waals surface area contributed by atoms with Crippen LogP contribution in [0.1, 0.15) is 10.7 Å². The maximum absolute atomic E-state index is 11.0. The Hall–Kier alpha value is -2.54. The van der Waals surface area contributed by atoms with Crippen molar-refractivity contribution in [2.75, 3.05) is 0 Å². The van der Waals surface area contributed by atoms with E-state index in [0.717, 1.165) is 15.2 Å². The Morgan fingerprint density at radius 3 is 2.81 bits per heavy atom. The van der Waals surface area contributed by atoms with Crippen LogP contribution in [-0.4, -0.2) is 14.9 Å². The number of aryl methyl sites for hydroxylation is 1. The molecule has 7 heteroatoms. The Morgan fingerprint density at radius 1 is 1.24 bits per heavy atom. The molecular weight excluding hydrogens is 290 g/mol. The van der Waals surface area contributed by atoms with Gasteiger partial charge in [-0.1, -0.05) is 12.1 Å². The van der Waals surface area contributed by atoms with Crippen molar-refractivity contribution in [2.45, 2.75) is 13.5 Å². The number of benzene rings is 1. The lowest BCUT2D eigenvalue weighted by molar-refractivity contribution is -0.390. The number of para-hydroxylation sites is 1. The summed E-state index contributed by atoms with van der Waals surface area (Å²) in [5.41, 5.74) is 1.48. The predicted molar refractivity (Wildman–Crippen MR) is 79.6 cm³/mol. The largest absolute Gasteiger partial charge is 0.478 e. The summed E-state index contributed by atoms with van der Waals surface area (Å²) in [4.78, 5) is 18.7. The summed E-state index contributed by atoms with van der Waals surface area (Å²) in [5, 5.41) is 11.7. The second-order valence-corrected chi connectivity index (χ2v) is 5.51. The SMILES string of the molecule is Cc1ccc(OCc2nc3ccccc3s2)c([N+](=O)[O-])n1. The van der Waals surface area contributed by atoms with Crippen LogP contribution < -0.4 is 4.74 Å². The Balaban J connectivity index is 1.83. The molecule has 0 unspecified atom stereocenters. The van der Waals surface area contributed by atoms with E-state index in [1.165, 1.54) is 11.3 Å². The van der Waals surface area contributed by atoms with Gasteiger partial charge in [0.25, 0.3) is 0 Å². The summed E-state index contributed by atoms with van der Waals surface area (Å²) < 4.78 is 6.58. The van der Waals surface area contributed by atoms with Crippen LogP contribution in [0, 0.1) is 17.0 Å². The van der Waals surface area contributed by atoms with Crippen LogP contribution in [0.25, 0.3) is 10.2 Å². The quantitative estimate of drug-likeness (QED) is 0.544. The zero-order chi connectivity index (χ0) is 14.8. The van der Waals surface area contributed by atoms with Gasteiger partial charge in [-0.25, -0.2) is 4.98 Å². The molecule has 106 valence electrons. The number of thiazole rings is 1. The summed E-state index contributed by atoms with van der Waals surface area (Å²) >= 11 is 1.51. The van der Waals surface area contributed by atoms with Crippen LogP contribution in [0.15, 0.2) is 36.4 Å². The van der Waals surface area contributed by atoms with Crippen molar-refractivity contribution in [3.05, 3.63) is 57.2 Å². The molecule has 0 N–H and O–H groups in total. The first-order valence-corrected chi connectivity index (χ1v) is 7.04. The molecule has 3 aromatic rings. The first-order valence-electron chi connectivity index (χ1n) is 6.23. The molecule has 0 saturated heterocycles. The third-order valence-electron chi connectivity index (χ3n) is 2.84. The smallest absolute Gasteiger partial charge is 0.406 e. The van der Waals surface area contributed by atoms with E-state index in [4.69, 9.17) is 4.74 Å². The molecule has 1 aromatic carbocycles. The molecule has 0 saturated carbocycles. The molecule has 2 heterocycles. The van der Waals surface area contributed by atoms with Crippen LogP contribution in [0.2, 0.25) is 0 Å². The highest BCUT2D eigenvalue weighted by Gasteiger charge is 2.18. The zero-order valence-electron chi connectivity index (χ0n) is 11.1. The van der Waals surface area contributed by atoms with E-state index in [9.17, 15) is 10.1 Å². The lowest BCUT2D eigenvalue weighted by Gasteiger charge is -2.04. The molecule has 0 radical (unpaired) electrons. The Kier molecular flexibility index (Phi) is 3.49. The van der Waals surface area contributed by atoms with E-state index < -0.39 is 4.92 Å². The Morgan fingerprint density at radius 2 is 2.05 bits per heavy atom. The van der Waals surface area contributed by atoms with Gasteiger partial charge < -0.3 is 14.9 Å². The van der Waals surface area contributed by atoms with E-state index >= 15 is 0 Å². The van der Waals surface area contributed by atoms with Gasteiger partial charge in [0.1, 0.15) is 17.3 Å². The monoisotopic (exact) mass is 301 g/mol. The summed E-state index contributed by atoms with van der Waals surface area (Å²) in [6, 6.07) is 11.0. The maximum Gasteiger partial charge on any atom is 0.406 e. The van der Waals surface area contributed by atoms with Gasteiger partial charge in [0.05, 0.1) is 10.2 Å². The van der Waals surface area contributed by atoms with Crippen LogP contribution in [0.4, 0.5) is 5.82 Å². The summed E-state index contributed by atoms with van der Waals surface area (Å²) in [7, 11) is 0. The molecule has 3 rings (SSSR count). The normalized spacial score (nSPS) is 10.7. The highest BCUT2D eigenvalue weighted by Crippen LogP contribution is 2.27. The number of nitro groups is 1. The third kappa shape index (κ3) is 2.82. The molecule has 0 bridgehead atoms. The first kappa shape index (κ1) is 13.4. The van der Waals surface area contributed by atoms with E-state index in [-0.39, 0.29) is 18.2 Å². The van der Waals surface area contributed by atoms with Crippen molar-refractivity contribution < 1.29 is 9.66 Å². The van der Waals surface area contributed by atoms with Crippen LogP contribution in [0.3, 0.4) is 0 Å². The molecule has 0 amide bonds. The van der Waals surface area contributed by atoms with Gasteiger partial charge in [0, 0.05) is 6.92 Å². The molecule has 0 aliphatic carbocycles. The minimum absolute atomic E-state index is 0.157. The van der Waals surface area contributed by atoms with Crippen molar-refractivity contribution >= 4 is 27.4 Å². The number of aromatic nitrogens is 2. The average molecular weight is 301 g/mol. The van der Waals surface area contributed by atoms with Crippen LogP contribution >= 0.6 is 11.3 Å². The van der Waals surface area contributed by atoms with Gasteiger partial charge in [-0.2, -0.15) is 0 Å². The second-order valence-electron chi connectivity index (χ2n) is 4.40. The van der Waals surface area contributed by atoms with Gasteiger partial charge in [0.2, 0.25) is 5.75 Å². The molecule has 0 fully saturated rings. The summed E-state index contributed by atoms with van der Waals surface area (Å²) in [5.74, 6) is -0.110. The first-order chi connectivity index (χ1) is 10.1. The van der Waals surface area contributed by atoms with Crippen molar-refractivity contribution in [3.8, 4) is 5.75 Å². The van der Waals surface area contributed by atoms with Gasteiger partial charge in [-0.3, -0.25) is 0 Å². The lowest BCUT2D eigenvalue weighted by Crippen LogP contribution is -2.01. The number of hydrogen-bond acceptors (Lipinski definition) is 6. The highest BCUT2D eigenvalue weighted by atomic mass is 32.1. The van der Waals surface area contributed by atoms with Crippen molar-refractivity contribution in [1.29, 1.82) is 0 Å². The maximum atomic E-state index is 11.0. The fourth-order valence-electron chi connectivity index (χ4n) is 1.89. The van der Waals surface area contributed by atoms with Crippen LogP contribution in [0.5, 0.6) is 5.75 Å². The van der Waals surface area contributed by atoms with E-state index in [1.807, 2.05) is 24.3 Å². The average Bonchev–Trinajstić information content (AvgIpc) is 2.88. The Bertz CT molecular complexity index is 783. The van der Waals surface area contributed by atoms with Gasteiger partial charge >= 0.3 is 5.82 Å². The molecule has 0 atom stereocenters. The second kappa shape index (κ2) is 5.45. The number of hydrogen-bond donors (Lipinski definition) is 0. The lowest BCUT2D eigenvalue weighted by atomic mass is 10.3. The van der Waals surface area contributed by atoms with Gasteiger partial charge in [-0.05, 0) is 34.2 Å². The summed E-state index contributed by atoms with van der Waals surface area (Å²) in [6.45, 7) is 1.88. The predicted octanol–water partition coefficient (Wildman–Crippen LogP) is 3.49. The number of nitrogens with zero attached hydrogens (tertiary/aromatic N) is 3. The van der Waals surface area contributed by atoms with E-state index in [0.29, 0.717) is 5.69 Å². The van der Waals surface area contributed by atoms with E-state index in [2.05, 4.69) is 9.97 Å². The number of pyridine rings is 1. The molecular formula is C14H11N3O3S. The van der Waals surface area contributed by atoms with Crippen LogP contribution in [-0.2, 0) is 6.61 Å². The minimum atomic E-state index is -0.541. The molecule has 2 aromatic heterocycles. The molecule has 0 aliphatic rings.